The van der Waals surface area contributed by atoms with Crippen LogP contribution in [0.5, 0.6) is 0 Å². The summed E-state index contributed by atoms with van der Waals surface area (Å²) < 4.78 is 16.3. The van der Waals surface area contributed by atoms with Crippen molar-refractivity contribution < 1.29 is 48.2 Å². The van der Waals surface area contributed by atoms with Gasteiger partial charge in [-0.15, -0.1) is 0 Å². The summed E-state index contributed by atoms with van der Waals surface area (Å²) in [4.78, 5) is 88.8. The molecule has 0 spiro atoms. The van der Waals surface area contributed by atoms with Gasteiger partial charge in [0.05, 0.1) is 26.9 Å². The number of nitro benzene ring substituents is 3. The standard InChI is InChI=1S/C33H32N6O13/c40-30(28-17-27(39(48)49)12-7-24(28)21-52-32(42)34-13-1-2-14-34)35-15-16-36(33(43)51-20-23-5-10-26(11-6-23)38(46)47)29(18-35)31(41)50-19-22-3-8-25(9-4-22)37(44)45/h3-12,17,29H,1-2,13-16,18-21H2. The first-order valence-electron chi connectivity index (χ1n) is 16.0. The summed E-state index contributed by atoms with van der Waals surface area (Å²) in [5.41, 5.74) is 0.132. The van der Waals surface area contributed by atoms with E-state index in [-0.39, 0.29) is 55.4 Å². The predicted octanol–water partition coefficient (Wildman–Crippen LogP) is 4.35. The van der Waals surface area contributed by atoms with Crippen molar-refractivity contribution in [3.8, 4) is 0 Å². The third-order valence-corrected chi connectivity index (χ3v) is 8.46. The lowest BCUT2D eigenvalue weighted by molar-refractivity contribution is -0.385. The molecule has 0 N–H and O–H groups in total. The highest BCUT2D eigenvalue weighted by Crippen LogP contribution is 2.24. The zero-order valence-corrected chi connectivity index (χ0v) is 27.5. The van der Waals surface area contributed by atoms with Crippen molar-refractivity contribution in [2.45, 2.75) is 38.7 Å². The molecule has 2 aliphatic heterocycles. The summed E-state index contributed by atoms with van der Waals surface area (Å²) in [6.07, 6.45) is 0.105. The van der Waals surface area contributed by atoms with E-state index in [4.69, 9.17) is 14.2 Å². The van der Waals surface area contributed by atoms with Crippen LogP contribution < -0.4 is 0 Å². The van der Waals surface area contributed by atoms with E-state index in [0.717, 1.165) is 23.8 Å². The Morgan fingerprint density at radius 1 is 0.615 bits per heavy atom. The normalized spacial score (nSPS) is 15.5. The molecule has 0 aliphatic carbocycles. The van der Waals surface area contributed by atoms with E-state index in [2.05, 4.69) is 0 Å². The van der Waals surface area contributed by atoms with Crippen LogP contribution in [0.15, 0.2) is 66.7 Å². The number of piperazine rings is 1. The lowest BCUT2D eigenvalue weighted by atomic mass is 10.0. The zero-order chi connectivity index (χ0) is 37.4. The van der Waals surface area contributed by atoms with Crippen LogP contribution in [-0.4, -0.2) is 92.3 Å². The van der Waals surface area contributed by atoms with Crippen molar-refractivity contribution in [1.82, 2.24) is 14.7 Å². The maximum atomic E-state index is 14.0. The Balaban J connectivity index is 1.34. The highest BCUT2D eigenvalue weighted by Gasteiger charge is 2.40. The Bertz CT molecular complexity index is 1860. The van der Waals surface area contributed by atoms with Gasteiger partial charge in [-0.1, -0.05) is 0 Å². The van der Waals surface area contributed by atoms with Crippen LogP contribution in [0, 0.1) is 30.3 Å². The van der Waals surface area contributed by atoms with Crippen LogP contribution in [0.1, 0.15) is 39.9 Å². The molecule has 0 saturated carbocycles. The fraction of sp³-hybridized carbons (Fsp3) is 0.333. The van der Waals surface area contributed by atoms with Gasteiger partial charge in [0.1, 0.15) is 19.8 Å². The molecule has 3 aromatic rings. The number of carbonyl (C=O) groups is 4. The Morgan fingerprint density at radius 3 is 1.69 bits per heavy atom. The fourth-order valence-corrected chi connectivity index (χ4v) is 5.60. The first-order valence-corrected chi connectivity index (χ1v) is 16.0. The van der Waals surface area contributed by atoms with Gasteiger partial charge in [-0.05, 0) is 54.3 Å². The molecule has 5 rings (SSSR count). The number of amides is 3. The second-order valence-electron chi connectivity index (χ2n) is 11.8. The van der Waals surface area contributed by atoms with Crippen LogP contribution in [-0.2, 0) is 38.8 Å². The van der Waals surface area contributed by atoms with Gasteiger partial charge in [-0.2, -0.15) is 0 Å². The summed E-state index contributed by atoms with van der Waals surface area (Å²) in [7, 11) is 0. The summed E-state index contributed by atoms with van der Waals surface area (Å²) in [6, 6.07) is 12.6. The van der Waals surface area contributed by atoms with Gasteiger partial charge in [0.15, 0.2) is 6.04 Å². The molecule has 0 radical (unpaired) electrons. The van der Waals surface area contributed by atoms with Gasteiger partial charge in [-0.25, -0.2) is 14.4 Å². The lowest BCUT2D eigenvalue weighted by Gasteiger charge is -2.39. The quantitative estimate of drug-likeness (QED) is 0.116. The summed E-state index contributed by atoms with van der Waals surface area (Å²) in [6.45, 7) is -0.716. The second-order valence-corrected chi connectivity index (χ2v) is 11.8. The van der Waals surface area contributed by atoms with Gasteiger partial charge in [-0.3, -0.25) is 40.0 Å². The van der Waals surface area contributed by atoms with Crippen LogP contribution in [0.2, 0.25) is 0 Å². The minimum absolute atomic E-state index is 0.132. The topological polar surface area (TPSA) is 235 Å². The molecule has 272 valence electrons. The van der Waals surface area contributed by atoms with Crippen molar-refractivity contribution in [3.63, 3.8) is 0 Å². The van der Waals surface area contributed by atoms with E-state index in [1.807, 2.05) is 0 Å². The highest BCUT2D eigenvalue weighted by atomic mass is 16.6. The summed E-state index contributed by atoms with van der Waals surface area (Å²) >= 11 is 0. The molecule has 19 heteroatoms. The molecule has 0 bridgehead atoms. The van der Waals surface area contributed by atoms with E-state index in [0.29, 0.717) is 24.2 Å². The lowest BCUT2D eigenvalue weighted by Crippen LogP contribution is -2.59. The van der Waals surface area contributed by atoms with Crippen LogP contribution in [0.25, 0.3) is 0 Å². The minimum Gasteiger partial charge on any atom is -0.459 e. The number of non-ortho nitro benzene ring substituents is 3. The number of carbonyl (C=O) groups excluding carboxylic acids is 4. The predicted molar refractivity (Wildman–Crippen MR) is 177 cm³/mol. The molecule has 0 aromatic heterocycles. The largest absolute Gasteiger partial charge is 0.459 e. The Labute approximate surface area is 294 Å². The minimum atomic E-state index is -1.42. The second kappa shape index (κ2) is 16.4. The van der Waals surface area contributed by atoms with Crippen molar-refractivity contribution >= 4 is 41.1 Å². The van der Waals surface area contributed by atoms with Gasteiger partial charge in [0.25, 0.3) is 23.0 Å². The van der Waals surface area contributed by atoms with Gasteiger partial charge in [0, 0.05) is 68.1 Å². The number of hydrogen-bond acceptors (Lipinski definition) is 13. The van der Waals surface area contributed by atoms with Crippen LogP contribution >= 0.6 is 0 Å². The fourth-order valence-electron chi connectivity index (χ4n) is 5.60. The Morgan fingerprint density at radius 2 is 1.13 bits per heavy atom. The molecule has 2 saturated heterocycles. The number of rotatable bonds is 11. The van der Waals surface area contributed by atoms with Crippen molar-refractivity contribution in [2.24, 2.45) is 0 Å². The smallest absolute Gasteiger partial charge is 0.410 e. The van der Waals surface area contributed by atoms with Crippen molar-refractivity contribution in [2.75, 3.05) is 32.7 Å². The van der Waals surface area contributed by atoms with Gasteiger partial charge >= 0.3 is 18.2 Å². The van der Waals surface area contributed by atoms with E-state index < -0.39 is 57.1 Å². The van der Waals surface area contributed by atoms with E-state index >= 15 is 0 Å². The highest BCUT2D eigenvalue weighted by molar-refractivity contribution is 5.97. The zero-order valence-electron chi connectivity index (χ0n) is 27.5. The third kappa shape index (κ3) is 8.92. The van der Waals surface area contributed by atoms with Crippen molar-refractivity contribution in [1.29, 1.82) is 0 Å². The molecule has 3 amide bonds. The van der Waals surface area contributed by atoms with E-state index in [1.54, 1.807) is 0 Å². The van der Waals surface area contributed by atoms with Crippen LogP contribution in [0.3, 0.4) is 0 Å². The molecule has 3 aromatic carbocycles. The maximum absolute atomic E-state index is 14.0. The SMILES string of the molecule is O=C(OCc1ccc([N+](=O)[O-])cc1)C1CN(C(=O)c2cc([N+](=O)[O-])ccc2COC(=O)N2CCCC2)CCN1C(=O)OCc1ccc([N+](=O)[O-])cc1. The number of hydrogen-bond donors (Lipinski definition) is 0. The van der Waals surface area contributed by atoms with Crippen LogP contribution in [0.4, 0.5) is 26.7 Å². The number of esters is 1. The number of nitrogens with zero attached hydrogens (tertiary/aromatic N) is 6. The Kier molecular flexibility index (Phi) is 11.5. The van der Waals surface area contributed by atoms with E-state index in [1.165, 1.54) is 70.5 Å². The molecule has 19 nitrogen and oxygen atoms in total. The number of ether oxygens (including phenoxy) is 3. The Hall–Kier alpha value is -6.66. The first-order chi connectivity index (χ1) is 24.9. The molecule has 1 atom stereocenters. The first kappa shape index (κ1) is 36.6. The average molecular weight is 721 g/mol. The molecular formula is C33H32N6O13. The van der Waals surface area contributed by atoms with Crippen molar-refractivity contribution in [3.05, 3.63) is 119 Å². The maximum Gasteiger partial charge on any atom is 0.410 e. The number of benzene rings is 3. The molecule has 52 heavy (non-hydrogen) atoms. The number of likely N-dealkylation sites (tertiary alicyclic amines) is 1. The molecule has 2 heterocycles. The molecular weight excluding hydrogens is 688 g/mol. The number of nitro groups is 3. The monoisotopic (exact) mass is 720 g/mol. The van der Waals surface area contributed by atoms with Gasteiger partial charge in [0.2, 0.25) is 0 Å². The third-order valence-electron chi connectivity index (χ3n) is 8.46. The molecule has 2 fully saturated rings. The van der Waals surface area contributed by atoms with Gasteiger partial charge < -0.3 is 24.0 Å². The summed E-state index contributed by atoms with van der Waals surface area (Å²) in [5.74, 6) is -1.68. The van der Waals surface area contributed by atoms with E-state index in [9.17, 15) is 49.5 Å². The molecule has 2 aliphatic rings. The average Bonchev–Trinajstić information content (AvgIpc) is 3.70. The molecule has 1 unspecified atom stereocenters. The summed E-state index contributed by atoms with van der Waals surface area (Å²) in [5, 5.41) is 33.6.